The molecule has 33 heavy (non-hydrogen) atoms. The monoisotopic (exact) mass is 443 g/mol. The third kappa shape index (κ3) is 3.80. The third-order valence-electron chi connectivity index (χ3n) is 5.65. The van der Waals surface area contributed by atoms with E-state index in [0.717, 1.165) is 49.1 Å². The van der Waals surface area contributed by atoms with E-state index in [1.165, 1.54) is 0 Å². The van der Waals surface area contributed by atoms with Gasteiger partial charge in [-0.1, -0.05) is 0 Å². The van der Waals surface area contributed by atoms with Gasteiger partial charge in [-0.3, -0.25) is 4.79 Å². The molecule has 1 amide bonds. The largest absolute Gasteiger partial charge is 0.482 e. The Morgan fingerprint density at radius 2 is 1.97 bits per heavy atom. The molecule has 1 saturated heterocycles. The van der Waals surface area contributed by atoms with E-state index in [4.69, 9.17) is 14.5 Å². The van der Waals surface area contributed by atoms with Crippen molar-refractivity contribution in [3.63, 3.8) is 0 Å². The number of hydrogen-bond acceptors (Lipinski definition) is 8. The van der Waals surface area contributed by atoms with E-state index in [2.05, 4.69) is 31.7 Å². The lowest BCUT2D eigenvalue weighted by molar-refractivity contribution is -0.118. The lowest BCUT2D eigenvalue weighted by Gasteiger charge is -2.28. The van der Waals surface area contributed by atoms with Crippen molar-refractivity contribution in [1.82, 2.24) is 19.6 Å². The van der Waals surface area contributed by atoms with Gasteiger partial charge in [0.2, 0.25) is 0 Å². The minimum Gasteiger partial charge on any atom is -0.482 e. The first-order valence-corrected chi connectivity index (χ1v) is 10.7. The van der Waals surface area contributed by atoms with E-state index in [9.17, 15) is 4.79 Å². The summed E-state index contributed by atoms with van der Waals surface area (Å²) in [4.78, 5) is 23.3. The highest BCUT2D eigenvalue weighted by Gasteiger charge is 2.18. The number of benzene rings is 1. The van der Waals surface area contributed by atoms with Gasteiger partial charge in [0.1, 0.15) is 17.4 Å². The molecule has 0 atom stereocenters. The summed E-state index contributed by atoms with van der Waals surface area (Å²) >= 11 is 0. The van der Waals surface area contributed by atoms with Crippen LogP contribution in [0.25, 0.3) is 16.9 Å². The molecule has 0 aliphatic carbocycles. The summed E-state index contributed by atoms with van der Waals surface area (Å²) in [5.74, 6) is 1.90. The molecule has 2 aliphatic heterocycles. The molecule has 1 fully saturated rings. The summed E-state index contributed by atoms with van der Waals surface area (Å²) in [5, 5.41) is 10.6. The van der Waals surface area contributed by atoms with Crippen LogP contribution in [0.5, 0.6) is 5.75 Å². The van der Waals surface area contributed by atoms with Crippen molar-refractivity contribution in [3.05, 3.63) is 54.9 Å². The van der Waals surface area contributed by atoms with Gasteiger partial charge in [0, 0.05) is 30.8 Å². The number of hydrogen-bond donors (Lipinski definition) is 2. The van der Waals surface area contributed by atoms with E-state index >= 15 is 0 Å². The number of carbonyl (C=O) groups excluding carboxylic acids is 1. The van der Waals surface area contributed by atoms with Gasteiger partial charge in [-0.15, -0.1) is 0 Å². The number of anilines is 4. The molecule has 0 unspecified atom stereocenters. The molecule has 0 spiro atoms. The molecule has 10 nitrogen and oxygen atoms in total. The molecule has 6 rings (SSSR count). The first-order valence-electron chi connectivity index (χ1n) is 10.7. The second-order valence-electron chi connectivity index (χ2n) is 7.80. The van der Waals surface area contributed by atoms with E-state index in [1.807, 2.05) is 42.6 Å². The number of pyridine rings is 1. The van der Waals surface area contributed by atoms with Gasteiger partial charge in [0.25, 0.3) is 5.91 Å². The second kappa shape index (κ2) is 8.06. The lowest BCUT2D eigenvalue weighted by atomic mass is 10.1. The average Bonchev–Trinajstić information content (AvgIpc) is 3.34. The van der Waals surface area contributed by atoms with Crippen molar-refractivity contribution in [2.45, 2.75) is 0 Å². The Balaban J connectivity index is 1.31. The average molecular weight is 443 g/mol. The number of nitrogens with zero attached hydrogens (tertiary/aromatic N) is 5. The van der Waals surface area contributed by atoms with Crippen molar-refractivity contribution < 1.29 is 14.3 Å². The number of aromatic nitrogens is 4. The van der Waals surface area contributed by atoms with Crippen LogP contribution in [-0.2, 0) is 9.53 Å². The van der Waals surface area contributed by atoms with Crippen LogP contribution in [0.15, 0.2) is 54.9 Å². The summed E-state index contributed by atoms with van der Waals surface area (Å²) < 4.78 is 12.6. The molecule has 0 radical (unpaired) electrons. The van der Waals surface area contributed by atoms with Crippen molar-refractivity contribution in [1.29, 1.82) is 0 Å². The molecule has 10 heteroatoms. The molecule has 166 valence electrons. The molecule has 1 aromatic carbocycles. The molecule has 2 aliphatic rings. The van der Waals surface area contributed by atoms with Crippen LogP contribution in [0.2, 0.25) is 0 Å². The van der Waals surface area contributed by atoms with Crippen molar-refractivity contribution in [3.8, 4) is 17.0 Å². The van der Waals surface area contributed by atoms with Gasteiger partial charge in [0.05, 0.1) is 42.7 Å². The van der Waals surface area contributed by atoms with Crippen LogP contribution in [-0.4, -0.2) is 58.4 Å². The summed E-state index contributed by atoms with van der Waals surface area (Å²) in [6.45, 7) is 3.22. The van der Waals surface area contributed by atoms with Crippen LogP contribution >= 0.6 is 0 Å². The highest BCUT2D eigenvalue weighted by atomic mass is 16.5. The Morgan fingerprint density at radius 3 is 2.82 bits per heavy atom. The Bertz CT molecular complexity index is 1330. The standard InChI is InChI=1S/C23H21N7O3/c31-23-14-33-19-3-1-15(11-18(19)27-23)17-12-22(30-21(26-17)5-6-25-30)28-20-4-2-16(13-24-20)29-7-9-32-10-8-29/h1-6,11-13H,7-10,14H2,(H,24,28)(H,27,31). The van der Waals surface area contributed by atoms with Crippen LogP contribution < -0.4 is 20.3 Å². The Labute approximate surface area is 189 Å². The minimum atomic E-state index is -0.173. The quantitative estimate of drug-likeness (QED) is 0.496. The van der Waals surface area contributed by atoms with Crippen molar-refractivity contribution in [2.24, 2.45) is 0 Å². The molecule has 0 bridgehead atoms. The van der Waals surface area contributed by atoms with Gasteiger partial charge >= 0.3 is 0 Å². The molecule has 2 N–H and O–H groups in total. The lowest BCUT2D eigenvalue weighted by Crippen LogP contribution is -2.36. The fourth-order valence-electron chi connectivity index (χ4n) is 3.99. The van der Waals surface area contributed by atoms with E-state index < -0.39 is 0 Å². The molecule has 4 aromatic rings. The highest BCUT2D eigenvalue weighted by molar-refractivity contribution is 5.96. The SMILES string of the molecule is O=C1COc2ccc(-c3cc(Nc4ccc(N5CCOCC5)cn4)n4nccc4n3)cc2N1. The topological polar surface area (TPSA) is 106 Å². The van der Waals surface area contributed by atoms with Crippen LogP contribution in [0, 0.1) is 0 Å². The Kier molecular flexibility index (Phi) is 4.76. The van der Waals surface area contributed by atoms with E-state index in [-0.39, 0.29) is 12.5 Å². The van der Waals surface area contributed by atoms with Crippen molar-refractivity contribution >= 4 is 34.6 Å². The summed E-state index contributed by atoms with van der Waals surface area (Å²) in [6, 6.07) is 13.4. The maximum Gasteiger partial charge on any atom is 0.262 e. The van der Waals surface area contributed by atoms with Crippen LogP contribution in [0.3, 0.4) is 0 Å². The minimum absolute atomic E-state index is 0.0256. The van der Waals surface area contributed by atoms with Crippen LogP contribution in [0.4, 0.5) is 23.0 Å². The number of morpholine rings is 1. The Morgan fingerprint density at radius 1 is 1.06 bits per heavy atom. The van der Waals surface area contributed by atoms with Crippen LogP contribution in [0.1, 0.15) is 0 Å². The fourth-order valence-corrected chi connectivity index (χ4v) is 3.99. The number of fused-ring (bicyclic) bond motifs is 2. The molecule has 0 saturated carbocycles. The summed E-state index contributed by atoms with van der Waals surface area (Å²) in [6.07, 6.45) is 3.56. The predicted molar refractivity (Wildman–Crippen MR) is 123 cm³/mol. The molecule has 3 aromatic heterocycles. The van der Waals surface area contributed by atoms with E-state index in [0.29, 0.717) is 22.9 Å². The predicted octanol–water partition coefficient (Wildman–Crippen LogP) is 2.70. The number of ether oxygens (including phenoxy) is 2. The molecule has 5 heterocycles. The van der Waals surface area contributed by atoms with Crippen molar-refractivity contribution in [2.75, 3.05) is 48.4 Å². The van der Waals surface area contributed by atoms with Gasteiger partial charge in [0.15, 0.2) is 12.3 Å². The zero-order valence-corrected chi connectivity index (χ0v) is 17.7. The smallest absolute Gasteiger partial charge is 0.262 e. The third-order valence-corrected chi connectivity index (χ3v) is 5.65. The molecular formula is C23H21N7O3. The van der Waals surface area contributed by atoms with Gasteiger partial charge < -0.3 is 25.0 Å². The zero-order chi connectivity index (χ0) is 22.2. The zero-order valence-electron chi connectivity index (χ0n) is 17.7. The number of amides is 1. The highest BCUT2D eigenvalue weighted by Crippen LogP contribution is 2.33. The van der Waals surface area contributed by atoms with Gasteiger partial charge in [-0.05, 0) is 30.3 Å². The second-order valence-corrected chi connectivity index (χ2v) is 7.80. The Hall–Kier alpha value is -4.18. The van der Waals surface area contributed by atoms with Gasteiger partial charge in [-0.2, -0.15) is 9.61 Å². The summed E-state index contributed by atoms with van der Waals surface area (Å²) in [5.41, 5.74) is 3.98. The number of rotatable bonds is 4. The number of nitrogens with one attached hydrogen (secondary N) is 2. The maximum atomic E-state index is 11.7. The first kappa shape index (κ1) is 19.5. The molecular weight excluding hydrogens is 422 g/mol. The number of carbonyl (C=O) groups is 1. The van der Waals surface area contributed by atoms with E-state index in [1.54, 1.807) is 10.7 Å². The van der Waals surface area contributed by atoms with Gasteiger partial charge in [-0.25, -0.2) is 9.97 Å². The normalized spacial score (nSPS) is 15.6. The maximum absolute atomic E-state index is 11.7. The first-order chi connectivity index (χ1) is 16.2. The fraction of sp³-hybridized carbons (Fsp3) is 0.217. The summed E-state index contributed by atoms with van der Waals surface area (Å²) in [7, 11) is 0.